The number of hydrogen-bond acceptors (Lipinski definition) is 5. The van der Waals surface area contributed by atoms with Crippen molar-refractivity contribution in [2.45, 2.75) is 0 Å². The van der Waals surface area contributed by atoms with Gasteiger partial charge in [-0.3, -0.25) is 0 Å². The Morgan fingerprint density at radius 3 is 0.727 bits per heavy atom. The van der Waals surface area contributed by atoms with Gasteiger partial charge < -0.3 is 24.5 Å². The van der Waals surface area contributed by atoms with Crippen molar-refractivity contribution in [3.63, 3.8) is 0 Å². The van der Waals surface area contributed by atoms with Crippen molar-refractivity contribution in [1.82, 2.24) is 0 Å². The second-order valence-electron chi connectivity index (χ2n) is 1.61. The quantitative estimate of drug-likeness (QED) is 0.171. The summed E-state index contributed by atoms with van der Waals surface area (Å²) in [6, 6.07) is 0. The van der Waals surface area contributed by atoms with E-state index in [2.05, 4.69) is 8.62 Å². The summed E-state index contributed by atoms with van der Waals surface area (Å²) in [6.45, 7) is 0. The third-order valence-electron chi connectivity index (χ3n) is 0.419. The topological polar surface area (TPSA) is 171 Å². The minimum absolute atomic E-state index is 0. The average molecular weight is 538 g/mol. The van der Waals surface area contributed by atoms with Gasteiger partial charge in [0.05, 0.1) is 0 Å². The van der Waals surface area contributed by atoms with Crippen molar-refractivity contribution >= 4 is 377 Å². The van der Waals surface area contributed by atoms with E-state index in [1.807, 2.05) is 0 Å². The van der Waals surface area contributed by atoms with E-state index in [1.165, 1.54) is 0 Å². The summed E-state index contributed by atoms with van der Waals surface area (Å²) < 4.78 is 36.4. The molecular weight excluding hydrogens is 524 g/mol. The monoisotopic (exact) mass is 538 g/mol. The molecule has 0 atom stereocenters. The molecule has 22 heavy (non-hydrogen) atoms. The van der Waals surface area contributed by atoms with Crippen molar-refractivity contribution in [3.8, 4) is 0 Å². The molecule has 10 nitrogen and oxygen atoms in total. The van der Waals surface area contributed by atoms with Gasteiger partial charge in [0.2, 0.25) is 0 Å². The fourth-order valence-electron chi connectivity index (χ4n) is 0.284. The molecule has 0 fully saturated rings. The van der Waals surface area contributed by atoms with E-state index >= 15 is 0 Å². The van der Waals surface area contributed by atoms with Crippen LogP contribution in [0.5, 0.6) is 0 Å². The predicted octanol–water partition coefficient (Wildman–Crippen LogP) is -6.53. The van der Waals surface area contributed by atoms with E-state index in [4.69, 9.17) is 24.5 Å². The molecule has 0 bridgehead atoms. The summed E-state index contributed by atoms with van der Waals surface area (Å²) in [6.07, 6.45) is 0. The molecule has 0 aliphatic rings. The Morgan fingerprint density at radius 2 is 0.636 bits per heavy atom. The van der Waals surface area contributed by atoms with Gasteiger partial charge in [0.25, 0.3) is 0 Å². The van der Waals surface area contributed by atoms with Crippen LogP contribution in [0.2, 0.25) is 0 Å². The SMILES string of the molecule is O=P(O)(O)OP(=O)(O)OP(=O)(O)O.[KH].[KH].[KH].[KH].[NaH].[NaH].[NaH].[NaH].[NaH]. The van der Waals surface area contributed by atoms with E-state index in [0.29, 0.717) is 0 Å². The minimum atomic E-state index is -5.46. The molecule has 0 aliphatic carbocycles. The van der Waals surface area contributed by atoms with Crippen LogP contribution in [0.1, 0.15) is 0 Å². The molecule has 0 radical (unpaired) electrons. The fourth-order valence-corrected chi connectivity index (χ4v) is 2.82. The van der Waals surface area contributed by atoms with E-state index in [-0.39, 0.29) is 353 Å². The van der Waals surface area contributed by atoms with Crippen molar-refractivity contribution in [2.24, 2.45) is 0 Å². The standard InChI is InChI=1S/4K.5Na.H5O10P3.9H/c;;;;;;;;;1-11(2,3)9-13(7,8)10-12(4,5)6;;;;;;;;;/h;;;;;;;;;(H,7,8)(H2,1,2,3)(H2,4,5,6);;;;;;;;;. The Hall–Kier alpha value is 12.0. The molecule has 0 heterocycles. The number of rotatable bonds is 4. The van der Waals surface area contributed by atoms with Crippen LogP contribution >= 0.6 is 23.5 Å². The predicted molar refractivity (Wildman–Crippen MR) is 100 cm³/mol. The molecule has 22 heteroatoms. The summed E-state index contributed by atoms with van der Waals surface area (Å²) in [4.78, 5) is 40.2. The Bertz CT molecular complexity index is 303. The molecule has 0 aliphatic heterocycles. The van der Waals surface area contributed by atoms with Gasteiger partial charge in [-0.2, -0.15) is 8.62 Å². The Morgan fingerprint density at radius 1 is 0.500 bits per heavy atom. The summed E-state index contributed by atoms with van der Waals surface area (Å²) in [5, 5.41) is 0. The van der Waals surface area contributed by atoms with Gasteiger partial charge in [-0.25, -0.2) is 13.7 Å². The second-order valence-corrected chi connectivity index (χ2v) is 5.82. The van der Waals surface area contributed by atoms with Crippen molar-refractivity contribution in [3.05, 3.63) is 0 Å². The first kappa shape index (κ1) is 64.3. The van der Waals surface area contributed by atoms with Gasteiger partial charge >= 0.3 is 377 Å². The van der Waals surface area contributed by atoms with Gasteiger partial charge in [0.15, 0.2) is 0 Å². The van der Waals surface area contributed by atoms with Gasteiger partial charge in [-0.1, -0.05) is 0 Å². The van der Waals surface area contributed by atoms with Gasteiger partial charge in [0.1, 0.15) is 0 Å². The zero-order valence-electron chi connectivity index (χ0n) is 5.62. The van der Waals surface area contributed by atoms with Crippen LogP contribution in [0.3, 0.4) is 0 Å². The molecule has 98 valence electrons. The van der Waals surface area contributed by atoms with Crippen LogP contribution < -0.4 is 0 Å². The molecule has 0 spiro atoms. The maximum atomic E-state index is 10.4. The van der Waals surface area contributed by atoms with Crippen LogP contribution in [-0.2, 0) is 22.3 Å². The van der Waals surface area contributed by atoms with Crippen molar-refractivity contribution < 1.29 is 46.8 Å². The molecule has 0 aromatic rings. The fraction of sp³-hybridized carbons (Fsp3) is 0. The number of hydrogen-bond donors (Lipinski definition) is 5. The van der Waals surface area contributed by atoms with Crippen LogP contribution in [0.4, 0.5) is 0 Å². The molecule has 0 aromatic heterocycles. The third-order valence-corrected chi connectivity index (χ3v) is 3.77. The van der Waals surface area contributed by atoms with Crippen LogP contribution in [0, 0.1) is 0 Å². The summed E-state index contributed by atoms with van der Waals surface area (Å²) in [5.74, 6) is 0. The zero-order valence-corrected chi connectivity index (χ0v) is 8.30. The van der Waals surface area contributed by atoms with Gasteiger partial charge in [-0.15, -0.1) is 0 Å². The molecule has 5 N–H and O–H groups in total. The molecule has 0 rings (SSSR count). The van der Waals surface area contributed by atoms with Crippen molar-refractivity contribution in [2.75, 3.05) is 0 Å². The average Bonchev–Trinajstić information content (AvgIpc) is 1.43. The second kappa shape index (κ2) is 33.0. The van der Waals surface area contributed by atoms with E-state index in [1.54, 1.807) is 0 Å². The summed E-state index contributed by atoms with van der Waals surface area (Å²) in [7, 11) is -16.2. The first-order valence-corrected chi connectivity index (χ1v) is 6.83. The molecule has 0 unspecified atom stereocenters. The van der Waals surface area contributed by atoms with Crippen LogP contribution in [0.25, 0.3) is 0 Å². The Labute approximate surface area is 409 Å². The van der Waals surface area contributed by atoms with E-state index in [9.17, 15) is 13.7 Å². The van der Waals surface area contributed by atoms with E-state index < -0.39 is 23.5 Å². The Balaban J connectivity index is -0.0000000200. The molecule has 0 aromatic carbocycles. The normalized spacial score (nSPS) is 8.59. The van der Waals surface area contributed by atoms with Gasteiger partial charge in [0, 0.05) is 0 Å². The first-order chi connectivity index (χ1) is 5.41. The molecule has 0 amide bonds. The summed E-state index contributed by atoms with van der Waals surface area (Å²) in [5.41, 5.74) is 0. The van der Waals surface area contributed by atoms with Crippen molar-refractivity contribution in [1.29, 1.82) is 0 Å². The summed E-state index contributed by atoms with van der Waals surface area (Å²) >= 11 is 0. The van der Waals surface area contributed by atoms with Crippen LogP contribution in [0.15, 0.2) is 0 Å². The molecule has 0 saturated heterocycles. The molecular formula is H14K4Na5O10P3. The zero-order chi connectivity index (χ0) is 10.9. The molecule has 0 saturated carbocycles. The maximum absolute atomic E-state index is 10.4. The number of phosphoric acid groups is 3. The van der Waals surface area contributed by atoms with Crippen LogP contribution in [-0.4, -0.2) is 378 Å². The third kappa shape index (κ3) is 53.4. The Kier molecular flexibility index (Phi) is 96.3. The van der Waals surface area contributed by atoms with Gasteiger partial charge in [-0.05, 0) is 0 Å². The van der Waals surface area contributed by atoms with E-state index in [0.717, 1.165) is 0 Å². The first-order valence-electron chi connectivity index (χ1n) is 2.28.